The maximum absolute atomic E-state index is 4.19. The lowest BCUT2D eigenvalue weighted by molar-refractivity contribution is 0.393. The van der Waals surface area contributed by atoms with E-state index in [0.717, 1.165) is 12.8 Å². The molecule has 0 bridgehead atoms. The number of benzene rings is 3. The van der Waals surface area contributed by atoms with E-state index in [1.165, 1.54) is 41.5 Å². The first-order valence-corrected chi connectivity index (χ1v) is 11.4. The third-order valence-electron chi connectivity index (χ3n) is 6.23. The van der Waals surface area contributed by atoms with Gasteiger partial charge in [-0.2, -0.15) is 0 Å². The van der Waals surface area contributed by atoms with Gasteiger partial charge < -0.3 is 0 Å². The molecule has 156 valence electrons. The summed E-state index contributed by atoms with van der Waals surface area (Å²) in [6.07, 6.45) is 9.65. The monoisotopic (exact) mass is 405 g/mol. The standard InChI is InChI=1S/C30H31N/c1-4-11-25(12-5-1)13-10-18-29(20-19-26-21-23-31-24-22-26)30(27-14-6-2-7-15-27)28-16-8-3-9-17-28/h1-9,11-12,14-17,21-24,29-30H,10,13,18-20H2. The van der Waals surface area contributed by atoms with Crippen LogP contribution >= 0.6 is 0 Å². The number of hydrogen-bond donors (Lipinski definition) is 0. The molecule has 0 spiro atoms. The molecular formula is C30H31N. The van der Waals surface area contributed by atoms with Gasteiger partial charge in [-0.05, 0) is 72.4 Å². The first-order chi connectivity index (χ1) is 15.4. The first-order valence-electron chi connectivity index (χ1n) is 11.4. The van der Waals surface area contributed by atoms with Crippen molar-refractivity contribution in [1.29, 1.82) is 0 Å². The van der Waals surface area contributed by atoms with Crippen LogP contribution in [0.15, 0.2) is 116 Å². The van der Waals surface area contributed by atoms with E-state index in [-0.39, 0.29) is 0 Å². The number of aryl methyl sites for hydroxylation is 2. The fraction of sp³-hybridized carbons (Fsp3) is 0.233. The number of pyridine rings is 1. The highest BCUT2D eigenvalue weighted by molar-refractivity contribution is 5.33. The van der Waals surface area contributed by atoms with E-state index in [2.05, 4.69) is 108 Å². The van der Waals surface area contributed by atoms with Crippen molar-refractivity contribution in [3.8, 4) is 0 Å². The summed E-state index contributed by atoms with van der Waals surface area (Å²) >= 11 is 0. The van der Waals surface area contributed by atoms with E-state index < -0.39 is 0 Å². The van der Waals surface area contributed by atoms with Crippen molar-refractivity contribution in [2.24, 2.45) is 5.92 Å². The number of rotatable bonds is 10. The molecule has 0 radical (unpaired) electrons. The Bertz CT molecular complexity index is 958. The summed E-state index contributed by atoms with van der Waals surface area (Å²) in [5, 5.41) is 0. The molecule has 3 aromatic carbocycles. The predicted octanol–water partition coefficient (Wildman–Crippen LogP) is 7.49. The highest BCUT2D eigenvalue weighted by Gasteiger charge is 2.24. The zero-order chi connectivity index (χ0) is 21.1. The molecule has 0 saturated carbocycles. The first kappa shape index (κ1) is 21.1. The molecule has 1 atom stereocenters. The van der Waals surface area contributed by atoms with E-state index >= 15 is 0 Å². The van der Waals surface area contributed by atoms with E-state index in [4.69, 9.17) is 0 Å². The fourth-order valence-corrected chi connectivity index (χ4v) is 4.65. The second-order valence-corrected chi connectivity index (χ2v) is 8.33. The lowest BCUT2D eigenvalue weighted by atomic mass is 9.75. The minimum Gasteiger partial charge on any atom is -0.265 e. The Morgan fingerprint density at radius 1 is 0.516 bits per heavy atom. The molecule has 1 unspecified atom stereocenters. The molecule has 31 heavy (non-hydrogen) atoms. The Balaban J connectivity index is 1.57. The molecule has 1 nitrogen and oxygen atoms in total. The third-order valence-corrected chi connectivity index (χ3v) is 6.23. The average Bonchev–Trinajstić information content (AvgIpc) is 2.85. The lowest BCUT2D eigenvalue weighted by Crippen LogP contribution is -2.16. The van der Waals surface area contributed by atoms with Gasteiger partial charge in [0.2, 0.25) is 0 Å². The van der Waals surface area contributed by atoms with E-state index in [1.54, 1.807) is 0 Å². The Labute approximate surface area is 186 Å². The summed E-state index contributed by atoms with van der Waals surface area (Å²) in [5.74, 6) is 1.00. The zero-order valence-corrected chi connectivity index (χ0v) is 18.1. The van der Waals surface area contributed by atoms with Gasteiger partial charge in [-0.25, -0.2) is 0 Å². The second kappa shape index (κ2) is 11.3. The molecule has 0 amide bonds. The predicted molar refractivity (Wildman–Crippen MR) is 130 cm³/mol. The molecule has 1 aromatic heterocycles. The molecule has 0 aliphatic carbocycles. The Kier molecular flexibility index (Phi) is 7.65. The van der Waals surface area contributed by atoms with Gasteiger partial charge in [0.15, 0.2) is 0 Å². The smallest absolute Gasteiger partial charge is 0.0270 e. The maximum Gasteiger partial charge on any atom is 0.0270 e. The van der Waals surface area contributed by atoms with Crippen LogP contribution in [-0.2, 0) is 12.8 Å². The van der Waals surface area contributed by atoms with Crippen molar-refractivity contribution in [2.45, 2.75) is 38.0 Å². The summed E-state index contributed by atoms with van der Waals surface area (Å²) in [6, 6.07) is 37.3. The molecule has 0 N–H and O–H groups in total. The SMILES string of the molecule is c1ccc(CCCC(CCc2ccncc2)C(c2ccccc2)c2ccccc2)cc1. The van der Waals surface area contributed by atoms with Gasteiger partial charge in [0.25, 0.3) is 0 Å². The van der Waals surface area contributed by atoms with Crippen LogP contribution in [0.3, 0.4) is 0 Å². The highest BCUT2D eigenvalue weighted by Crippen LogP contribution is 2.37. The van der Waals surface area contributed by atoms with Gasteiger partial charge in [0.1, 0.15) is 0 Å². The number of aromatic nitrogens is 1. The van der Waals surface area contributed by atoms with Gasteiger partial charge in [0, 0.05) is 18.3 Å². The molecule has 0 fully saturated rings. The average molecular weight is 406 g/mol. The molecular weight excluding hydrogens is 374 g/mol. The molecule has 0 saturated heterocycles. The highest BCUT2D eigenvalue weighted by atomic mass is 14.6. The fourth-order valence-electron chi connectivity index (χ4n) is 4.65. The molecule has 1 heteroatoms. The summed E-state index contributed by atoms with van der Waals surface area (Å²) in [7, 11) is 0. The zero-order valence-electron chi connectivity index (χ0n) is 18.1. The molecule has 0 aliphatic heterocycles. The lowest BCUT2D eigenvalue weighted by Gasteiger charge is -2.29. The van der Waals surface area contributed by atoms with Crippen LogP contribution in [0.5, 0.6) is 0 Å². The largest absolute Gasteiger partial charge is 0.265 e. The minimum atomic E-state index is 0.417. The molecule has 1 heterocycles. The van der Waals surface area contributed by atoms with Gasteiger partial charge in [0.05, 0.1) is 0 Å². The minimum absolute atomic E-state index is 0.417. The molecule has 4 aromatic rings. The molecule has 0 aliphatic rings. The normalized spacial score (nSPS) is 12.0. The van der Waals surface area contributed by atoms with Gasteiger partial charge in [-0.15, -0.1) is 0 Å². The Morgan fingerprint density at radius 2 is 1.03 bits per heavy atom. The van der Waals surface area contributed by atoms with Crippen molar-refractivity contribution >= 4 is 0 Å². The quantitative estimate of drug-likeness (QED) is 0.266. The number of nitrogens with zero attached hydrogens (tertiary/aromatic N) is 1. The van der Waals surface area contributed by atoms with Crippen LogP contribution in [0.4, 0.5) is 0 Å². The Morgan fingerprint density at radius 3 is 1.61 bits per heavy atom. The van der Waals surface area contributed by atoms with Crippen molar-refractivity contribution < 1.29 is 0 Å². The summed E-state index contributed by atoms with van der Waals surface area (Å²) in [6.45, 7) is 0. The van der Waals surface area contributed by atoms with E-state index in [0.29, 0.717) is 11.8 Å². The maximum atomic E-state index is 4.19. The van der Waals surface area contributed by atoms with Crippen LogP contribution < -0.4 is 0 Å². The van der Waals surface area contributed by atoms with E-state index in [9.17, 15) is 0 Å². The van der Waals surface area contributed by atoms with Crippen molar-refractivity contribution in [2.75, 3.05) is 0 Å². The Hall–Kier alpha value is -3.19. The summed E-state index contributed by atoms with van der Waals surface area (Å²) in [4.78, 5) is 4.19. The van der Waals surface area contributed by atoms with Gasteiger partial charge >= 0.3 is 0 Å². The van der Waals surface area contributed by atoms with Gasteiger partial charge in [-0.3, -0.25) is 4.98 Å². The van der Waals surface area contributed by atoms with Crippen molar-refractivity contribution in [3.63, 3.8) is 0 Å². The second-order valence-electron chi connectivity index (χ2n) is 8.33. The summed E-state index contributed by atoms with van der Waals surface area (Å²) in [5.41, 5.74) is 5.66. The topological polar surface area (TPSA) is 12.9 Å². The van der Waals surface area contributed by atoms with Crippen LogP contribution in [0.1, 0.15) is 47.4 Å². The van der Waals surface area contributed by atoms with Gasteiger partial charge in [-0.1, -0.05) is 91.0 Å². The number of hydrogen-bond acceptors (Lipinski definition) is 1. The van der Waals surface area contributed by atoms with Crippen molar-refractivity contribution in [3.05, 3.63) is 138 Å². The third kappa shape index (κ3) is 6.15. The van der Waals surface area contributed by atoms with E-state index in [1.807, 2.05) is 12.4 Å². The molecule has 4 rings (SSSR count). The van der Waals surface area contributed by atoms with Crippen LogP contribution in [-0.4, -0.2) is 4.98 Å². The van der Waals surface area contributed by atoms with Crippen LogP contribution in [0.25, 0.3) is 0 Å². The summed E-state index contributed by atoms with van der Waals surface area (Å²) < 4.78 is 0. The van der Waals surface area contributed by atoms with Crippen LogP contribution in [0.2, 0.25) is 0 Å². The van der Waals surface area contributed by atoms with Crippen LogP contribution in [0, 0.1) is 5.92 Å². The van der Waals surface area contributed by atoms with Crippen molar-refractivity contribution in [1.82, 2.24) is 4.98 Å².